The Balaban J connectivity index is 1.10. The average Bonchev–Trinajstić information content (AvgIpc) is 3.74. The highest BCUT2D eigenvalue weighted by molar-refractivity contribution is 7.91. The van der Waals surface area contributed by atoms with Crippen LogP contribution in [0.5, 0.6) is 5.75 Å². The molecule has 1 aromatic rings. The monoisotopic (exact) mass is 681 g/mol. The summed E-state index contributed by atoms with van der Waals surface area (Å²) in [7, 11) is -1.89. The Morgan fingerprint density at radius 1 is 0.957 bits per heavy atom. The Kier molecular flexibility index (Phi) is 10.2. The minimum absolute atomic E-state index is 0.0140. The van der Waals surface area contributed by atoms with Crippen molar-refractivity contribution in [2.45, 2.75) is 114 Å². The molecule has 5 nitrogen and oxygen atoms in total. The summed E-state index contributed by atoms with van der Waals surface area (Å²) in [5.74, 6) is -5.36. The summed E-state index contributed by atoms with van der Waals surface area (Å²) < 4.78 is 104. The summed E-state index contributed by atoms with van der Waals surface area (Å²) in [5, 5.41) is 21.3. The molecule has 5 rings (SSSR count). The minimum atomic E-state index is -5.68. The van der Waals surface area contributed by atoms with Crippen molar-refractivity contribution >= 4 is 9.84 Å². The first-order chi connectivity index (χ1) is 21.4. The van der Waals surface area contributed by atoms with E-state index in [-0.39, 0.29) is 58.5 Å². The lowest BCUT2D eigenvalue weighted by Crippen LogP contribution is -2.47. The molecule has 7 atom stereocenters. The predicted octanol–water partition coefficient (Wildman–Crippen LogP) is 7.97. The molecule has 0 radical (unpaired) electrons. The van der Waals surface area contributed by atoms with Crippen molar-refractivity contribution in [3.05, 3.63) is 29.3 Å². The van der Waals surface area contributed by atoms with E-state index in [9.17, 15) is 40.6 Å². The van der Waals surface area contributed by atoms with E-state index >= 15 is 4.39 Å². The van der Waals surface area contributed by atoms with Crippen LogP contribution in [0.2, 0.25) is 0 Å². The van der Waals surface area contributed by atoms with Crippen LogP contribution in [0.25, 0.3) is 0 Å². The van der Waals surface area contributed by atoms with Crippen molar-refractivity contribution in [1.82, 2.24) is 4.90 Å². The van der Waals surface area contributed by atoms with Gasteiger partial charge in [-0.3, -0.25) is 0 Å². The highest BCUT2D eigenvalue weighted by Crippen LogP contribution is 2.77. The number of alkyl halides is 6. The third kappa shape index (κ3) is 6.82. The molecule has 4 unspecified atom stereocenters. The van der Waals surface area contributed by atoms with Crippen LogP contribution in [0.4, 0.5) is 26.3 Å². The van der Waals surface area contributed by atoms with Crippen LogP contribution < -0.4 is 0 Å². The number of rotatable bonds is 14. The molecule has 3 saturated carbocycles. The lowest BCUT2D eigenvalue weighted by molar-refractivity contribution is -0.284. The number of benzene rings is 1. The number of hydrogen-bond donors (Lipinski definition) is 2. The minimum Gasteiger partial charge on any atom is -0.508 e. The van der Waals surface area contributed by atoms with Gasteiger partial charge in [-0.05, 0) is 130 Å². The van der Waals surface area contributed by atoms with Gasteiger partial charge in [-0.2, -0.15) is 22.0 Å². The van der Waals surface area contributed by atoms with Gasteiger partial charge >= 0.3 is 12.1 Å². The van der Waals surface area contributed by atoms with Crippen molar-refractivity contribution < 1.29 is 45.0 Å². The van der Waals surface area contributed by atoms with Gasteiger partial charge in [-0.1, -0.05) is 25.8 Å². The Labute approximate surface area is 269 Å². The number of nitrogens with zero attached hydrogens (tertiary/aromatic N) is 1. The number of phenolic OH excluding ortho intramolecular Hbond substituents is 1. The van der Waals surface area contributed by atoms with Crippen LogP contribution in [-0.4, -0.2) is 73.4 Å². The molecular formula is C34H49F6NO4S. The zero-order valence-electron chi connectivity index (χ0n) is 26.8. The number of unbranched alkanes of at least 4 members (excludes halogenated alkanes) is 2. The Bertz CT molecular complexity index is 1340. The third-order valence-electron chi connectivity index (χ3n) is 12.3. The Hall–Kier alpha value is -1.53. The van der Waals surface area contributed by atoms with Crippen LogP contribution in [0, 0.1) is 28.6 Å². The van der Waals surface area contributed by atoms with Gasteiger partial charge in [-0.25, -0.2) is 12.8 Å². The number of aromatic hydroxyl groups is 1. The fraction of sp³-hybridized carbons (Fsp3) is 0.824. The first-order valence-electron chi connectivity index (χ1n) is 16.9. The van der Waals surface area contributed by atoms with Gasteiger partial charge in [0.25, 0.3) is 0 Å². The smallest absolute Gasteiger partial charge is 0.453 e. The number of fused-ring (bicyclic) bond motifs is 6. The highest BCUT2D eigenvalue weighted by atomic mass is 32.2. The molecule has 46 heavy (non-hydrogen) atoms. The summed E-state index contributed by atoms with van der Waals surface area (Å²) in [6.45, 7) is 3.47. The normalized spacial score (nSPS) is 32.0. The van der Waals surface area contributed by atoms with Crippen LogP contribution in [0.1, 0.15) is 107 Å². The molecule has 0 heterocycles. The molecule has 1 spiro atoms. The van der Waals surface area contributed by atoms with Gasteiger partial charge in [0.2, 0.25) is 0 Å². The van der Waals surface area contributed by atoms with E-state index < -0.39 is 46.7 Å². The van der Waals surface area contributed by atoms with E-state index in [2.05, 4.69) is 6.92 Å². The number of hydrogen-bond acceptors (Lipinski definition) is 5. The fourth-order valence-corrected chi connectivity index (χ4v) is 11.0. The van der Waals surface area contributed by atoms with Crippen molar-refractivity contribution in [2.75, 3.05) is 31.6 Å². The summed E-state index contributed by atoms with van der Waals surface area (Å²) >= 11 is 0. The quantitative estimate of drug-likeness (QED) is 0.154. The van der Waals surface area contributed by atoms with Gasteiger partial charge in [0, 0.05) is 11.8 Å². The molecule has 0 saturated heterocycles. The summed E-state index contributed by atoms with van der Waals surface area (Å²) in [6, 6.07) is 5.16. The predicted molar refractivity (Wildman–Crippen MR) is 164 cm³/mol. The van der Waals surface area contributed by atoms with E-state index in [4.69, 9.17) is 0 Å². The van der Waals surface area contributed by atoms with E-state index in [0.717, 1.165) is 56.9 Å². The van der Waals surface area contributed by atoms with Crippen molar-refractivity contribution in [3.8, 4) is 5.75 Å². The second-order valence-corrected chi connectivity index (χ2v) is 17.3. The third-order valence-corrected chi connectivity index (χ3v) is 14.2. The molecular weight excluding hydrogens is 632 g/mol. The van der Waals surface area contributed by atoms with Crippen LogP contribution in [-0.2, 0) is 9.84 Å². The molecule has 0 aliphatic heterocycles. The first-order valence-corrected chi connectivity index (χ1v) is 18.7. The van der Waals surface area contributed by atoms with Crippen LogP contribution >= 0.6 is 0 Å². The molecule has 262 valence electrons. The lowest BCUT2D eigenvalue weighted by Gasteiger charge is -2.54. The van der Waals surface area contributed by atoms with E-state index in [1.165, 1.54) is 0 Å². The van der Waals surface area contributed by atoms with Gasteiger partial charge in [-0.15, -0.1) is 0 Å². The maximum Gasteiger partial charge on any atom is 0.453 e. The van der Waals surface area contributed by atoms with E-state index in [1.54, 1.807) is 12.1 Å². The number of aliphatic hydroxyl groups excluding tert-OH is 1. The zero-order valence-corrected chi connectivity index (χ0v) is 27.7. The Morgan fingerprint density at radius 3 is 2.30 bits per heavy atom. The molecule has 4 aliphatic rings. The largest absolute Gasteiger partial charge is 0.508 e. The number of aliphatic hydroxyl groups is 1. The van der Waals surface area contributed by atoms with Crippen LogP contribution in [0.15, 0.2) is 18.2 Å². The molecule has 0 amide bonds. The molecule has 4 aliphatic carbocycles. The first kappa shape index (κ1) is 35.8. The average molecular weight is 682 g/mol. The van der Waals surface area contributed by atoms with Gasteiger partial charge in [0.05, 0.1) is 17.6 Å². The molecule has 0 bridgehead atoms. The van der Waals surface area contributed by atoms with Gasteiger partial charge in [0.15, 0.2) is 0 Å². The summed E-state index contributed by atoms with van der Waals surface area (Å²) in [6.07, 6.45) is -1.18. The van der Waals surface area contributed by atoms with Crippen molar-refractivity contribution in [3.63, 3.8) is 0 Å². The Morgan fingerprint density at radius 2 is 1.63 bits per heavy atom. The number of sulfone groups is 1. The summed E-state index contributed by atoms with van der Waals surface area (Å²) in [5.41, 5.74) is 1.63. The zero-order chi connectivity index (χ0) is 33.7. The standard InChI is InChI=1S/C34H49F6NO4S/c1-31-13-11-24-23-10-9-22(42)20-26(23)30(35)25(29(24)27(31)21-28(43)32(31)14-15-32)8-4-3-5-16-41(2)17-7-19-46(44,45)18-6-12-33(36,37)34(38,39)40/h9-10,20,24-25,27-30,42-43H,3-8,11-19,21H2,1-2H3/t24?,25?,27?,28-,29?,30-,31+/m1/s1. The van der Waals surface area contributed by atoms with E-state index in [0.29, 0.717) is 25.1 Å². The molecule has 3 fully saturated rings. The topological polar surface area (TPSA) is 77.8 Å². The van der Waals surface area contributed by atoms with Crippen molar-refractivity contribution in [2.24, 2.45) is 28.6 Å². The number of phenols is 1. The van der Waals surface area contributed by atoms with Gasteiger partial charge < -0.3 is 15.1 Å². The summed E-state index contributed by atoms with van der Waals surface area (Å²) in [4.78, 5) is 1.97. The van der Waals surface area contributed by atoms with Crippen molar-refractivity contribution in [1.29, 1.82) is 0 Å². The van der Waals surface area contributed by atoms with Gasteiger partial charge in [0.1, 0.15) is 21.8 Å². The molecule has 0 aromatic heterocycles. The SMILES string of the molecule is CN(CCCCCC1C2C(CC[C@@]3(C)C2C[C@@H](O)C32CC2)c2ccc(O)cc2[C@@H]1F)CCCS(=O)(=O)CCCC(F)(F)C(F)(F)F. The maximum absolute atomic E-state index is 16.4. The lowest BCUT2D eigenvalue weighted by atomic mass is 9.50. The second-order valence-electron chi connectivity index (χ2n) is 15.0. The fourth-order valence-electron chi connectivity index (χ4n) is 9.68. The van der Waals surface area contributed by atoms with Crippen LogP contribution in [0.3, 0.4) is 0 Å². The molecule has 2 N–H and O–H groups in total. The second kappa shape index (κ2) is 13.1. The molecule has 12 heteroatoms. The van der Waals surface area contributed by atoms with E-state index in [1.807, 2.05) is 18.0 Å². The molecule has 1 aromatic carbocycles. The number of halogens is 6. The maximum atomic E-state index is 16.4. The highest BCUT2D eigenvalue weighted by Gasteiger charge is 2.71.